The average Bonchev–Trinajstić information content (AvgIpc) is 2.62. The maximum atomic E-state index is 12.3. The molecule has 7 nitrogen and oxygen atoms in total. The summed E-state index contributed by atoms with van der Waals surface area (Å²) < 4.78 is 10.8. The molecule has 0 unspecified atom stereocenters. The number of nitrogens with one attached hydrogen (secondary N) is 2. The van der Waals surface area contributed by atoms with E-state index in [2.05, 4.69) is 10.6 Å². The van der Waals surface area contributed by atoms with Crippen LogP contribution in [0.2, 0.25) is 5.02 Å². The molecule has 3 rings (SSSR count). The molecule has 0 radical (unpaired) electrons. The Bertz CT molecular complexity index is 903. The van der Waals surface area contributed by atoms with E-state index in [1.54, 1.807) is 24.3 Å². The van der Waals surface area contributed by atoms with Crippen molar-refractivity contribution in [2.75, 3.05) is 18.5 Å². The van der Waals surface area contributed by atoms with Crippen LogP contribution in [0.1, 0.15) is 20.7 Å². The number of hydrogen-bond donors (Lipinski definition) is 3. The summed E-state index contributed by atoms with van der Waals surface area (Å²) in [4.78, 5) is 23.4. The lowest BCUT2D eigenvalue weighted by Gasteiger charge is -2.18. The highest BCUT2D eigenvalue weighted by Gasteiger charge is 2.16. The number of carboxylic acid groups (broad SMARTS) is 1. The number of halogens is 1. The van der Waals surface area contributed by atoms with Gasteiger partial charge in [0.25, 0.3) is 5.91 Å². The van der Waals surface area contributed by atoms with Crippen LogP contribution >= 0.6 is 23.8 Å². The van der Waals surface area contributed by atoms with E-state index in [1.807, 2.05) is 0 Å². The Morgan fingerprint density at radius 3 is 2.54 bits per heavy atom. The number of carbonyl (C=O) groups is 2. The van der Waals surface area contributed by atoms with Crippen LogP contribution in [0.5, 0.6) is 11.5 Å². The van der Waals surface area contributed by atoms with Gasteiger partial charge in [-0.25, -0.2) is 4.79 Å². The molecule has 134 valence electrons. The normalized spacial score (nSPS) is 12.2. The van der Waals surface area contributed by atoms with Crippen LogP contribution in [0.15, 0.2) is 36.4 Å². The summed E-state index contributed by atoms with van der Waals surface area (Å²) in [5.41, 5.74) is 0.664. The highest BCUT2D eigenvalue weighted by molar-refractivity contribution is 7.80. The number of anilines is 1. The molecule has 0 fully saturated rings. The van der Waals surface area contributed by atoms with E-state index >= 15 is 0 Å². The van der Waals surface area contributed by atoms with E-state index < -0.39 is 11.9 Å². The van der Waals surface area contributed by atoms with Crippen molar-refractivity contribution in [3.63, 3.8) is 0 Å². The molecule has 0 saturated heterocycles. The van der Waals surface area contributed by atoms with Gasteiger partial charge in [0, 0.05) is 11.3 Å². The van der Waals surface area contributed by atoms with Crippen LogP contribution in [-0.4, -0.2) is 35.3 Å². The van der Waals surface area contributed by atoms with Gasteiger partial charge in [0.2, 0.25) is 0 Å². The average molecular weight is 393 g/mol. The first-order valence-electron chi connectivity index (χ1n) is 7.49. The summed E-state index contributed by atoms with van der Waals surface area (Å²) in [6.45, 7) is 0.881. The Kier molecular flexibility index (Phi) is 5.24. The third-order valence-electron chi connectivity index (χ3n) is 3.49. The smallest absolute Gasteiger partial charge is 0.337 e. The lowest BCUT2D eigenvalue weighted by Crippen LogP contribution is -2.34. The SMILES string of the molecule is O=C(NC(=S)Nc1ccc(Cl)c(C(=O)O)c1)c1ccc2c(c1)OCCO2. The zero-order valence-corrected chi connectivity index (χ0v) is 14.8. The minimum Gasteiger partial charge on any atom is -0.486 e. The molecule has 1 aliphatic rings. The highest BCUT2D eigenvalue weighted by atomic mass is 35.5. The number of carboxylic acids is 1. The quantitative estimate of drug-likeness (QED) is 0.691. The summed E-state index contributed by atoms with van der Waals surface area (Å²) in [7, 11) is 0. The molecule has 0 aliphatic carbocycles. The topological polar surface area (TPSA) is 96.9 Å². The van der Waals surface area contributed by atoms with E-state index in [1.165, 1.54) is 12.1 Å². The first-order valence-corrected chi connectivity index (χ1v) is 8.27. The van der Waals surface area contributed by atoms with Gasteiger partial charge >= 0.3 is 5.97 Å². The molecule has 9 heteroatoms. The Labute approximate surface area is 158 Å². The van der Waals surface area contributed by atoms with Gasteiger partial charge in [0.15, 0.2) is 16.6 Å². The Balaban J connectivity index is 1.67. The predicted molar refractivity (Wildman–Crippen MR) is 99.5 cm³/mol. The number of thiocarbonyl (C=S) groups is 1. The van der Waals surface area contributed by atoms with E-state index in [9.17, 15) is 9.59 Å². The second-order valence-electron chi connectivity index (χ2n) is 5.27. The minimum absolute atomic E-state index is 0.0172. The molecular weight excluding hydrogens is 380 g/mol. The maximum absolute atomic E-state index is 12.3. The lowest BCUT2D eigenvalue weighted by atomic mass is 10.2. The standard InChI is InChI=1S/C17H13ClN2O5S/c18-12-3-2-10(8-11(12)16(22)23)19-17(26)20-15(21)9-1-4-13-14(7-9)25-6-5-24-13/h1-4,7-8H,5-6H2,(H,22,23)(H2,19,20,21,26). The number of amides is 1. The van der Waals surface area contributed by atoms with Gasteiger partial charge in [0.1, 0.15) is 13.2 Å². The number of fused-ring (bicyclic) bond motifs is 1. The van der Waals surface area contributed by atoms with Crippen molar-refractivity contribution >= 4 is 46.5 Å². The summed E-state index contributed by atoms with van der Waals surface area (Å²) >= 11 is 10.9. The van der Waals surface area contributed by atoms with Crippen LogP contribution in [0.25, 0.3) is 0 Å². The van der Waals surface area contributed by atoms with Gasteiger partial charge in [-0.05, 0) is 48.6 Å². The zero-order valence-electron chi connectivity index (χ0n) is 13.2. The molecule has 26 heavy (non-hydrogen) atoms. The minimum atomic E-state index is -1.16. The molecule has 1 heterocycles. The molecule has 0 bridgehead atoms. The largest absolute Gasteiger partial charge is 0.486 e. The first-order chi connectivity index (χ1) is 12.4. The second kappa shape index (κ2) is 7.59. The third-order valence-corrected chi connectivity index (χ3v) is 4.02. The molecule has 1 aliphatic heterocycles. The summed E-state index contributed by atoms with van der Waals surface area (Å²) in [5, 5.41) is 14.5. The van der Waals surface area contributed by atoms with Crippen molar-refractivity contribution in [2.45, 2.75) is 0 Å². The second-order valence-corrected chi connectivity index (χ2v) is 6.08. The van der Waals surface area contributed by atoms with Gasteiger partial charge in [-0.15, -0.1) is 0 Å². The number of benzene rings is 2. The van der Waals surface area contributed by atoms with Crippen molar-refractivity contribution in [1.82, 2.24) is 5.32 Å². The molecule has 1 amide bonds. The number of hydrogen-bond acceptors (Lipinski definition) is 5. The first kappa shape index (κ1) is 18.0. The van der Waals surface area contributed by atoms with Crippen LogP contribution in [0.4, 0.5) is 5.69 Å². The van der Waals surface area contributed by atoms with Crippen molar-refractivity contribution < 1.29 is 24.2 Å². The Morgan fingerprint density at radius 2 is 1.81 bits per heavy atom. The summed E-state index contributed by atoms with van der Waals surface area (Å²) in [6, 6.07) is 9.12. The van der Waals surface area contributed by atoms with Gasteiger partial charge < -0.3 is 19.9 Å². The molecule has 0 spiro atoms. The van der Waals surface area contributed by atoms with Gasteiger partial charge in [-0.3, -0.25) is 10.1 Å². The number of ether oxygens (including phenoxy) is 2. The van der Waals surface area contributed by atoms with Crippen molar-refractivity contribution in [2.24, 2.45) is 0 Å². The van der Waals surface area contributed by atoms with Crippen LogP contribution in [0, 0.1) is 0 Å². The van der Waals surface area contributed by atoms with Gasteiger partial charge in [-0.2, -0.15) is 0 Å². The fraction of sp³-hybridized carbons (Fsp3) is 0.118. The number of aromatic carboxylic acids is 1. The molecule has 0 saturated carbocycles. The number of carbonyl (C=O) groups excluding carboxylic acids is 1. The fourth-order valence-electron chi connectivity index (χ4n) is 2.29. The van der Waals surface area contributed by atoms with E-state index in [4.69, 9.17) is 38.4 Å². The molecular formula is C17H13ClN2O5S. The van der Waals surface area contributed by atoms with E-state index in [-0.39, 0.29) is 15.7 Å². The van der Waals surface area contributed by atoms with Crippen LogP contribution < -0.4 is 20.1 Å². The Morgan fingerprint density at radius 1 is 1.08 bits per heavy atom. The van der Waals surface area contributed by atoms with Gasteiger partial charge in [0.05, 0.1) is 10.6 Å². The van der Waals surface area contributed by atoms with Crippen molar-refractivity contribution in [3.8, 4) is 11.5 Å². The van der Waals surface area contributed by atoms with Crippen LogP contribution in [-0.2, 0) is 0 Å². The maximum Gasteiger partial charge on any atom is 0.337 e. The van der Waals surface area contributed by atoms with Crippen LogP contribution in [0.3, 0.4) is 0 Å². The Hall–Kier alpha value is -2.84. The van der Waals surface area contributed by atoms with E-state index in [0.717, 1.165) is 0 Å². The predicted octanol–water partition coefficient (Wildman–Crippen LogP) is 2.94. The molecule has 2 aromatic carbocycles. The fourth-order valence-corrected chi connectivity index (χ4v) is 2.70. The third kappa shape index (κ3) is 4.04. The molecule has 0 aromatic heterocycles. The molecule has 3 N–H and O–H groups in total. The van der Waals surface area contributed by atoms with Crippen molar-refractivity contribution in [1.29, 1.82) is 0 Å². The van der Waals surface area contributed by atoms with Gasteiger partial charge in [-0.1, -0.05) is 11.6 Å². The molecule has 0 atom stereocenters. The van der Waals surface area contributed by atoms with Crippen molar-refractivity contribution in [3.05, 3.63) is 52.5 Å². The number of rotatable bonds is 3. The zero-order chi connectivity index (χ0) is 18.7. The summed E-state index contributed by atoms with van der Waals surface area (Å²) in [6.07, 6.45) is 0. The summed E-state index contributed by atoms with van der Waals surface area (Å²) in [5.74, 6) is -0.528. The lowest BCUT2D eigenvalue weighted by molar-refractivity contribution is 0.0697. The molecule has 2 aromatic rings. The van der Waals surface area contributed by atoms with E-state index in [0.29, 0.717) is 36.0 Å². The highest BCUT2D eigenvalue weighted by Crippen LogP contribution is 2.30. The monoisotopic (exact) mass is 392 g/mol.